The fourth-order valence-corrected chi connectivity index (χ4v) is 3.34. The molecule has 0 bridgehead atoms. The van der Waals surface area contributed by atoms with Crippen molar-refractivity contribution in [2.24, 2.45) is 5.73 Å². The number of carbonyl (C=O) groups is 2. The van der Waals surface area contributed by atoms with Gasteiger partial charge in [-0.05, 0) is 25.3 Å². The molecule has 1 saturated heterocycles. The Hall–Kier alpha value is -1.44. The molecule has 1 aliphatic heterocycles. The molecule has 7 heteroatoms. The van der Waals surface area contributed by atoms with Gasteiger partial charge in [-0.3, -0.25) is 9.59 Å². The fourth-order valence-electron chi connectivity index (χ4n) is 2.53. The van der Waals surface area contributed by atoms with E-state index in [0.29, 0.717) is 17.1 Å². The SMILES string of the molecule is C[C@H]1C[NH+](CC(=O)Nc2sccc2C(N)=O)C[C@H](C)O1. The Labute approximate surface area is 121 Å². The molecular formula is C13H20N3O3S+. The molecule has 0 unspecified atom stereocenters. The Balaban J connectivity index is 1.92. The predicted octanol–water partition coefficient (Wildman–Crippen LogP) is -0.522. The summed E-state index contributed by atoms with van der Waals surface area (Å²) in [7, 11) is 0. The van der Waals surface area contributed by atoms with Gasteiger partial charge in [0, 0.05) is 0 Å². The van der Waals surface area contributed by atoms with Gasteiger partial charge in [0.25, 0.3) is 11.8 Å². The van der Waals surface area contributed by atoms with Gasteiger partial charge in [0.05, 0.1) is 5.56 Å². The molecule has 1 aromatic heterocycles. The molecule has 110 valence electrons. The maximum absolute atomic E-state index is 12.0. The third-order valence-electron chi connectivity index (χ3n) is 3.21. The van der Waals surface area contributed by atoms with Gasteiger partial charge in [0.2, 0.25) is 0 Å². The van der Waals surface area contributed by atoms with Crippen LogP contribution in [0.25, 0.3) is 0 Å². The van der Waals surface area contributed by atoms with Gasteiger partial charge in [-0.1, -0.05) is 0 Å². The van der Waals surface area contributed by atoms with E-state index < -0.39 is 5.91 Å². The molecule has 1 fully saturated rings. The van der Waals surface area contributed by atoms with Crippen molar-refractivity contribution in [3.63, 3.8) is 0 Å². The van der Waals surface area contributed by atoms with Gasteiger partial charge in [-0.2, -0.15) is 0 Å². The Morgan fingerprint density at radius 1 is 1.45 bits per heavy atom. The second-order valence-electron chi connectivity index (χ2n) is 5.17. The molecule has 6 nitrogen and oxygen atoms in total. The number of anilines is 1. The monoisotopic (exact) mass is 298 g/mol. The minimum Gasteiger partial charge on any atom is -0.366 e. The van der Waals surface area contributed by atoms with Crippen molar-refractivity contribution in [2.75, 3.05) is 25.0 Å². The lowest BCUT2D eigenvalue weighted by molar-refractivity contribution is -0.907. The largest absolute Gasteiger partial charge is 0.366 e. The molecule has 1 aliphatic rings. The normalized spacial score (nSPS) is 26.2. The summed E-state index contributed by atoms with van der Waals surface area (Å²) in [4.78, 5) is 24.4. The molecule has 0 spiro atoms. The summed E-state index contributed by atoms with van der Waals surface area (Å²) in [6.45, 7) is 6.01. The van der Waals surface area contributed by atoms with Crippen LogP contribution < -0.4 is 16.0 Å². The minimum absolute atomic E-state index is 0.105. The summed E-state index contributed by atoms with van der Waals surface area (Å²) in [5, 5.41) is 5.03. The summed E-state index contributed by atoms with van der Waals surface area (Å²) >= 11 is 1.30. The number of carbonyl (C=O) groups excluding carboxylic acids is 2. The number of nitrogens with two attached hydrogens (primary N) is 1. The Kier molecular flexibility index (Phi) is 4.74. The van der Waals surface area contributed by atoms with E-state index in [-0.39, 0.29) is 18.1 Å². The van der Waals surface area contributed by atoms with Gasteiger partial charge in [-0.25, -0.2) is 0 Å². The lowest BCUT2D eigenvalue weighted by Gasteiger charge is -2.31. The smallest absolute Gasteiger partial charge is 0.280 e. The van der Waals surface area contributed by atoms with Crippen molar-refractivity contribution in [1.29, 1.82) is 0 Å². The molecule has 0 radical (unpaired) electrons. The molecule has 0 saturated carbocycles. The van der Waals surface area contributed by atoms with Crippen LogP contribution in [0.1, 0.15) is 24.2 Å². The van der Waals surface area contributed by atoms with E-state index in [9.17, 15) is 9.59 Å². The number of primary amides is 1. The highest BCUT2D eigenvalue weighted by molar-refractivity contribution is 7.14. The van der Waals surface area contributed by atoms with E-state index in [0.717, 1.165) is 13.1 Å². The van der Waals surface area contributed by atoms with Crippen molar-refractivity contribution in [2.45, 2.75) is 26.1 Å². The Bertz CT molecular complexity index is 493. The number of morpholine rings is 1. The van der Waals surface area contributed by atoms with Gasteiger partial charge in [0.15, 0.2) is 6.54 Å². The highest BCUT2D eigenvalue weighted by Gasteiger charge is 2.27. The van der Waals surface area contributed by atoms with E-state index in [2.05, 4.69) is 5.32 Å². The van der Waals surface area contributed by atoms with Crippen molar-refractivity contribution in [1.82, 2.24) is 0 Å². The van der Waals surface area contributed by atoms with Crippen LogP contribution in [0.5, 0.6) is 0 Å². The highest BCUT2D eigenvalue weighted by atomic mass is 32.1. The zero-order valence-corrected chi connectivity index (χ0v) is 12.5. The average molecular weight is 298 g/mol. The van der Waals surface area contributed by atoms with Crippen LogP contribution in [0.15, 0.2) is 11.4 Å². The van der Waals surface area contributed by atoms with Crippen molar-refractivity contribution in [3.8, 4) is 0 Å². The van der Waals surface area contributed by atoms with E-state index in [4.69, 9.17) is 10.5 Å². The van der Waals surface area contributed by atoms with Crippen LogP contribution in [0, 0.1) is 0 Å². The number of ether oxygens (including phenoxy) is 1. The van der Waals surface area contributed by atoms with Gasteiger partial charge in [-0.15, -0.1) is 11.3 Å². The molecule has 20 heavy (non-hydrogen) atoms. The molecule has 1 aromatic rings. The molecule has 2 amide bonds. The molecule has 2 atom stereocenters. The van der Waals surface area contributed by atoms with Crippen molar-refractivity contribution < 1.29 is 19.2 Å². The number of hydrogen-bond donors (Lipinski definition) is 3. The molecule has 0 aromatic carbocycles. The quantitative estimate of drug-likeness (QED) is 0.699. The third kappa shape index (κ3) is 3.78. The predicted molar refractivity (Wildman–Crippen MR) is 77.0 cm³/mol. The topological polar surface area (TPSA) is 85.9 Å². The van der Waals surface area contributed by atoms with Crippen LogP contribution in [-0.2, 0) is 9.53 Å². The van der Waals surface area contributed by atoms with Crippen molar-refractivity contribution >= 4 is 28.2 Å². The number of thiophene rings is 1. The number of amides is 2. The van der Waals surface area contributed by atoms with Gasteiger partial charge >= 0.3 is 0 Å². The first-order valence-electron chi connectivity index (χ1n) is 6.62. The lowest BCUT2D eigenvalue weighted by atomic mass is 10.2. The molecule has 2 heterocycles. The van der Waals surface area contributed by atoms with Gasteiger partial charge in [0.1, 0.15) is 30.3 Å². The summed E-state index contributed by atoms with van der Waals surface area (Å²) in [5.41, 5.74) is 5.61. The van der Waals surface area contributed by atoms with Crippen LogP contribution >= 0.6 is 11.3 Å². The second kappa shape index (κ2) is 6.34. The first-order chi connectivity index (χ1) is 9.45. The number of hydrogen-bond acceptors (Lipinski definition) is 4. The molecular weight excluding hydrogens is 278 g/mol. The van der Waals surface area contributed by atoms with Gasteiger partial charge < -0.3 is 20.7 Å². The first-order valence-corrected chi connectivity index (χ1v) is 7.50. The van der Waals surface area contributed by atoms with E-state index in [1.54, 1.807) is 11.4 Å². The fraction of sp³-hybridized carbons (Fsp3) is 0.538. The first kappa shape index (κ1) is 15.0. The minimum atomic E-state index is -0.525. The summed E-state index contributed by atoms with van der Waals surface area (Å²) in [6, 6.07) is 1.62. The summed E-state index contributed by atoms with van der Waals surface area (Å²) in [5.74, 6) is -0.631. The summed E-state index contributed by atoms with van der Waals surface area (Å²) in [6.07, 6.45) is 0.314. The molecule has 2 rings (SSSR count). The zero-order chi connectivity index (χ0) is 14.7. The highest BCUT2D eigenvalue weighted by Crippen LogP contribution is 2.22. The number of nitrogens with one attached hydrogen (secondary N) is 2. The van der Waals surface area contributed by atoms with Crippen molar-refractivity contribution in [3.05, 3.63) is 17.0 Å². The lowest BCUT2D eigenvalue weighted by Crippen LogP contribution is -3.16. The van der Waals surface area contributed by atoms with Crippen LogP contribution in [0.4, 0.5) is 5.00 Å². The number of rotatable bonds is 4. The van der Waals surface area contributed by atoms with E-state index >= 15 is 0 Å². The maximum atomic E-state index is 12.0. The standard InChI is InChI=1S/C13H19N3O3S/c1-8-5-16(6-9(2)19-8)7-11(17)15-13-10(12(14)18)3-4-20-13/h3-4,8-9H,5-7H2,1-2H3,(H2,14,18)(H,15,17)/p+1/t8-,9-/m0/s1. The Morgan fingerprint density at radius 3 is 2.70 bits per heavy atom. The Morgan fingerprint density at radius 2 is 2.10 bits per heavy atom. The van der Waals surface area contributed by atoms with E-state index in [1.807, 2.05) is 13.8 Å². The maximum Gasteiger partial charge on any atom is 0.280 e. The van der Waals surface area contributed by atoms with Crippen LogP contribution in [0.2, 0.25) is 0 Å². The third-order valence-corrected chi connectivity index (χ3v) is 4.04. The zero-order valence-electron chi connectivity index (χ0n) is 11.6. The van der Waals surface area contributed by atoms with Crippen LogP contribution in [0.3, 0.4) is 0 Å². The molecule has 4 N–H and O–H groups in total. The van der Waals surface area contributed by atoms with Crippen LogP contribution in [-0.4, -0.2) is 43.7 Å². The average Bonchev–Trinajstić information content (AvgIpc) is 2.75. The summed E-state index contributed by atoms with van der Waals surface area (Å²) < 4.78 is 5.64. The molecule has 0 aliphatic carbocycles. The number of quaternary nitrogens is 1. The second-order valence-corrected chi connectivity index (χ2v) is 6.08. The van der Waals surface area contributed by atoms with E-state index in [1.165, 1.54) is 16.2 Å².